The molecule has 0 unspecified atom stereocenters. The molecule has 0 amide bonds. The van der Waals surface area contributed by atoms with Crippen molar-refractivity contribution < 1.29 is 13.2 Å². The zero-order chi connectivity index (χ0) is 12.9. The molecule has 0 aliphatic heterocycles. The van der Waals surface area contributed by atoms with E-state index in [1.165, 1.54) is 13.2 Å². The van der Waals surface area contributed by atoms with Crippen LogP contribution in [0.2, 0.25) is 5.02 Å². The SMILES string of the molecule is COc1ccc(Cl)cc1NS(=O)(=O)CCCN. The molecule has 0 aliphatic rings. The molecule has 0 aliphatic carbocycles. The second-order valence-electron chi connectivity index (χ2n) is 3.41. The van der Waals surface area contributed by atoms with Gasteiger partial charge < -0.3 is 10.5 Å². The van der Waals surface area contributed by atoms with Crippen molar-refractivity contribution in [2.45, 2.75) is 6.42 Å². The van der Waals surface area contributed by atoms with Crippen molar-refractivity contribution in [3.8, 4) is 5.75 Å². The first kappa shape index (κ1) is 14.1. The molecule has 0 radical (unpaired) electrons. The summed E-state index contributed by atoms with van der Waals surface area (Å²) in [7, 11) is -1.96. The minimum absolute atomic E-state index is 0.0286. The van der Waals surface area contributed by atoms with E-state index in [9.17, 15) is 8.42 Å². The van der Waals surface area contributed by atoms with Crippen LogP contribution in [0, 0.1) is 0 Å². The summed E-state index contributed by atoms with van der Waals surface area (Å²) in [5.74, 6) is 0.393. The van der Waals surface area contributed by atoms with Gasteiger partial charge in [-0.3, -0.25) is 4.72 Å². The lowest BCUT2D eigenvalue weighted by Crippen LogP contribution is -2.19. The molecule has 1 aromatic rings. The second-order valence-corrected chi connectivity index (χ2v) is 5.69. The molecular formula is C10H15ClN2O3S. The molecule has 7 heteroatoms. The van der Waals surface area contributed by atoms with E-state index in [1.54, 1.807) is 12.1 Å². The Morgan fingerprint density at radius 3 is 2.76 bits per heavy atom. The van der Waals surface area contributed by atoms with Crippen LogP contribution in [-0.2, 0) is 10.0 Å². The number of nitrogens with two attached hydrogens (primary N) is 1. The van der Waals surface area contributed by atoms with E-state index in [-0.39, 0.29) is 5.75 Å². The number of hydrogen-bond acceptors (Lipinski definition) is 4. The highest BCUT2D eigenvalue weighted by Gasteiger charge is 2.13. The minimum Gasteiger partial charge on any atom is -0.495 e. The lowest BCUT2D eigenvalue weighted by Gasteiger charge is -2.11. The molecule has 0 bridgehead atoms. The Hall–Kier alpha value is -0.980. The van der Waals surface area contributed by atoms with E-state index < -0.39 is 10.0 Å². The molecule has 3 N–H and O–H groups in total. The Balaban J connectivity index is 2.90. The van der Waals surface area contributed by atoms with Gasteiger partial charge in [0.2, 0.25) is 10.0 Å². The van der Waals surface area contributed by atoms with Crippen molar-refractivity contribution in [1.82, 2.24) is 0 Å². The highest BCUT2D eigenvalue weighted by molar-refractivity contribution is 7.92. The summed E-state index contributed by atoms with van der Waals surface area (Å²) in [6, 6.07) is 4.72. The van der Waals surface area contributed by atoms with Crippen LogP contribution in [0.5, 0.6) is 5.75 Å². The van der Waals surface area contributed by atoms with E-state index in [0.29, 0.717) is 29.4 Å². The molecule has 0 atom stereocenters. The van der Waals surface area contributed by atoms with Crippen LogP contribution in [0.25, 0.3) is 0 Å². The van der Waals surface area contributed by atoms with Crippen LogP contribution < -0.4 is 15.2 Å². The molecule has 0 spiro atoms. The number of rotatable bonds is 6. The zero-order valence-electron chi connectivity index (χ0n) is 9.44. The number of anilines is 1. The quantitative estimate of drug-likeness (QED) is 0.825. The lowest BCUT2D eigenvalue weighted by atomic mass is 10.3. The Bertz CT molecular complexity index is 476. The molecule has 1 rings (SSSR count). The predicted octanol–water partition coefficient (Wildman–Crippen LogP) is 1.44. The van der Waals surface area contributed by atoms with Crippen LogP contribution in [0.3, 0.4) is 0 Å². The summed E-state index contributed by atoms with van der Waals surface area (Å²) in [5, 5.41) is 0.433. The number of nitrogens with one attached hydrogen (secondary N) is 1. The summed E-state index contributed by atoms with van der Waals surface area (Å²) in [6.45, 7) is 0.327. The number of ether oxygens (including phenoxy) is 1. The van der Waals surface area contributed by atoms with Gasteiger partial charge in [-0.15, -0.1) is 0 Å². The predicted molar refractivity (Wildman–Crippen MR) is 69.1 cm³/mol. The van der Waals surface area contributed by atoms with Gasteiger partial charge in [0.05, 0.1) is 18.6 Å². The Morgan fingerprint density at radius 1 is 1.47 bits per heavy atom. The van der Waals surface area contributed by atoms with E-state index >= 15 is 0 Å². The van der Waals surface area contributed by atoms with Crippen molar-refractivity contribution in [3.05, 3.63) is 23.2 Å². The summed E-state index contributed by atoms with van der Waals surface area (Å²) in [5.41, 5.74) is 5.60. The maximum absolute atomic E-state index is 11.7. The van der Waals surface area contributed by atoms with E-state index in [1.807, 2.05) is 0 Å². The van der Waals surface area contributed by atoms with Crippen molar-refractivity contribution in [2.24, 2.45) is 5.73 Å². The van der Waals surface area contributed by atoms with Crippen molar-refractivity contribution in [1.29, 1.82) is 0 Å². The van der Waals surface area contributed by atoms with E-state index in [0.717, 1.165) is 0 Å². The van der Waals surface area contributed by atoms with E-state index in [4.69, 9.17) is 22.1 Å². The van der Waals surface area contributed by atoms with Crippen LogP contribution in [-0.4, -0.2) is 27.8 Å². The van der Waals surface area contributed by atoms with E-state index in [2.05, 4.69) is 4.72 Å². The summed E-state index contributed by atoms with van der Waals surface area (Å²) in [4.78, 5) is 0. The van der Waals surface area contributed by atoms with Gasteiger partial charge in [-0.2, -0.15) is 0 Å². The fourth-order valence-corrected chi connectivity index (χ4v) is 2.57. The van der Waals surface area contributed by atoms with Crippen LogP contribution in [0.1, 0.15) is 6.42 Å². The summed E-state index contributed by atoms with van der Waals surface area (Å²) < 4.78 is 30.8. The van der Waals surface area contributed by atoms with Gasteiger partial charge in [-0.05, 0) is 31.2 Å². The molecule has 0 saturated heterocycles. The fourth-order valence-electron chi connectivity index (χ4n) is 1.25. The number of hydrogen-bond donors (Lipinski definition) is 2. The molecule has 96 valence electrons. The molecule has 0 heterocycles. The first-order chi connectivity index (χ1) is 7.98. The van der Waals surface area contributed by atoms with Crippen LogP contribution in [0.4, 0.5) is 5.69 Å². The smallest absolute Gasteiger partial charge is 0.232 e. The first-order valence-electron chi connectivity index (χ1n) is 5.02. The lowest BCUT2D eigenvalue weighted by molar-refractivity contribution is 0.417. The maximum atomic E-state index is 11.7. The van der Waals surface area contributed by atoms with Crippen molar-refractivity contribution in [3.63, 3.8) is 0 Å². The standard InChI is InChI=1S/C10H15ClN2O3S/c1-16-10-4-3-8(11)7-9(10)13-17(14,15)6-2-5-12/h3-4,7,13H,2,5-6,12H2,1H3. The zero-order valence-corrected chi connectivity index (χ0v) is 11.0. The van der Waals surface area contributed by atoms with Gasteiger partial charge in [-0.1, -0.05) is 11.6 Å². The Morgan fingerprint density at radius 2 is 2.18 bits per heavy atom. The van der Waals surface area contributed by atoms with Crippen molar-refractivity contribution >= 4 is 27.3 Å². The fraction of sp³-hybridized carbons (Fsp3) is 0.400. The van der Waals surface area contributed by atoms with Gasteiger partial charge in [0.25, 0.3) is 0 Å². The summed E-state index contributed by atoms with van der Waals surface area (Å²) >= 11 is 5.80. The van der Waals surface area contributed by atoms with Gasteiger partial charge >= 0.3 is 0 Å². The molecule has 17 heavy (non-hydrogen) atoms. The molecular weight excluding hydrogens is 264 g/mol. The van der Waals surface area contributed by atoms with Gasteiger partial charge in [-0.25, -0.2) is 8.42 Å². The molecule has 0 fully saturated rings. The first-order valence-corrected chi connectivity index (χ1v) is 7.05. The number of methoxy groups -OCH3 is 1. The Labute approximate surface area is 106 Å². The third-order valence-corrected chi connectivity index (χ3v) is 3.64. The highest BCUT2D eigenvalue weighted by Crippen LogP contribution is 2.28. The normalized spacial score (nSPS) is 11.2. The average Bonchev–Trinajstić information content (AvgIpc) is 2.26. The average molecular weight is 279 g/mol. The number of benzene rings is 1. The minimum atomic E-state index is -3.41. The van der Waals surface area contributed by atoms with Crippen LogP contribution >= 0.6 is 11.6 Å². The maximum Gasteiger partial charge on any atom is 0.232 e. The van der Waals surface area contributed by atoms with Gasteiger partial charge in [0.15, 0.2) is 0 Å². The van der Waals surface area contributed by atoms with Crippen LogP contribution in [0.15, 0.2) is 18.2 Å². The molecule has 0 aromatic heterocycles. The third kappa shape index (κ3) is 4.41. The molecule has 1 aromatic carbocycles. The van der Waals surface area contributed by atoms with Gasteiger partial charge in [0, 0.05) is 5.02 Å². The molecule has 0 saturated carbocycles. The number of halogens is 1. The van der Waals surface area contributed by atoms with Gasteiger partial charge in [0.1, 0.15) is 5.75 Å². The number of sulfonamides is 1. The Kier molecular flexibility index (Phi) is 5.04. The third-order valence-electron chi connectivity index (χ3n) is 2.04. The highest BCUT2D eigenvalue weighted by atomic mass is 35.5. The second kappa shape index (κ2) is 6.09. The largest absolute Gasteiger partial charge is 0.495 e. The topological polar surface area (TPSA) is 81.4 Å². The summed E-state index contributed by atoms with van der Waals surface area (Å²) in [6.07, 6.45) is 0.401. The molecule has 5 nitrogen and oxygen atoms in total. The van der Waals surface area contributed by atoms with Crippen molar-refractivity contribution in [2.75, 3.05) is 24.1 Å². The monoisotopic (exact) mass is 278 g/mol.